The lowest BCUT2D eigenvalue weighted by Crippen LogP contribution is -2.47. The van der Waals surface area contributed by atoms with Crippen molar-refractivity contribution in [2.24, 2.45) is 17.8 Å². The quantitative estimate of drug-likeness (QED) is 0.699. The third kappa shape index (κ3) is 4.75. The molecule has 33 heavy (non-hydrogen) atoms. The van der Waals surface area contributed by atoms with Crippen molar-refractivity contribution in [1.29, 1.82) is 0 Å². The average Bonchev–Trinajstić information content (AvgIpc) is 3.42. The number of hydrogen-bond acceptors (Lipinski definition) is 4. The van der Waals surface area contributed by atoms with Crippen LogP contribution >= 0.6 is 0 Å². The van der Waals surface area contributed by atoms with Crippen LogP contribution in [0.15, 0.2) is 24.3 Å². The van der Waals surface area contributed by atoms with Crippen LogP contribution in [0, 0.1) is 17.8 Å². The second-order valence-corrected chi connectivity index (χ2v) is 9.82. The fourth-order valence-corrected chi connectivity index (χ4v) is 5.89. The zero-order valence-electron chi connectivity index (χ0n) is 19.3. The Hall–Kier alpha value is -2.13. The standard InChI is InChI=1S/C24H32F3N3O3/c1-14(2)29-11-16-10-21(19(13-33-3)18(16)12-29)30-8-7-20(23(30)32)28-22(31)15-5-4-6-17(9-15)24(25,26)27/h4-6,9,14,16,18-21H,7-8,10-13H2,1-3H3,(H,28,31). The Labute approximate surface area is 192 Å². The first-order valence-electron chi connectivity index (χ1n) is 11.6. The highest BCUT2D eigenvalue weighted by Crippen LogP contribution is 2.46. The molecule has 2 saturated heterocycles. The van der Waals surface area contributed by atoms with Crippen molar-refractivity contribution >= 4 is 11.8 Å². The van der Waals surface area contributed by atoms with Crippen LogP contribution in [-0.4, -0.2) is 73.1 Å². The van der Waals surface area contributed by atoms with E-state index < -0.39 is 23.7 Å². The summed E-state index contributed by atoms with van der Waals surface area (Å²) in [6.07, 6.45) is -3.16. The largest absolute Gasteiger partial charge is 0.416 e. The summed E-state index contributed by atoms with van der Waals surface area (Å²) in [5, 5.41) is 2.66. The normalized spacial score (nSPS) is 30.3. The number of methoxy groups -OCH3 is 1. The fourth-order valence-electron chi connectivity index (χ4n) is 5.89. The minimum Gasteiger partial charge on any atom is -0.384 e. The number of benzene rings is 1. The molecule has 0 bridgehead atoms. The first kappa shape index (κ1) is 24.0. The maximum absolute atomic E-state index is 13.2. The van der Waals surface area contributed by atoms with Gasteiger partial charge < -0.3 is 19.9 Å². The Morgan fingerprint density at radius 1 is 1.27 bits per heavy atom. The number of hydrogen-bond donors (Lipinski definition) is 1. The summed E-state index contributed by atoms with van der Waals surface area (Å²) in [6, 6.07) is 4.11. The van der Waals surface area contributed by atoms with Gasteiger partial charge in [0.25, 0.3) is 5.91 Å². The molecule has 5 atom stereocenters. The first-order chi connectivity index (χ1) is 15.6. The smallest absolute Gasteiger partial charge is 0.384 e. The molecule has 3 fully saturated rings. The van der Waals surface area contributed by atoms with Gasteiger partial charge in [-0.15, -0.1) is 0 Å². The second kappa shape index (κ2) is 9.25. The summed E-state index contributed by atoms with van der Waals surface area (Å²) in [6.45, 7) is 7.55. The number of rotatable bonds is 6. The number of amides is 2. The Kier molecular flexibility index (Phi) is 6.73. The molecule has 182 valence electrons. The fraction of sp³-hybridized carbons (Fsp3) is 0.667. The molecule has 6 nitrogen and oxygen atoms in total. The first-order valence-corrected chi connectivity index (χ1v) is 11.6. The average molecular weight is 468 g/mol. The lowest BCUT2D eigenvalue weighted by atomic mass is 9.91. The summed E-state index contributed by atoms with van der Waals surface area (Å²) in [7, 11) is 1.68. The van der Waals surface area contributed by atoms with Crippen molar-refractivity contribution < 1.29 is 27.5 Å². The summed E-state index contributed by atoms with van der Waals surface area (Å²) in [4.78, 5) is 30.2. The summed E-state index contributed by atoms with van der Waals surface area (Å²) in [5.41, 5.74) is -0.984. The van der Waals surface area contributed by atoms with E-state index in [1.54, 1.807) is 7.11 Å². The second-order valence-electron chi connectivity index (χ2n) is 9.82. The third-order valence-electron chi connectivity index (χ3n) is 7.60. The van der Waals surface area contributed by atoms with Gasteiger partial charge in [0.1, 0.15) is 6.04 Å². The molecule has 1 saturated carbocycles. The van der Waals surface area contributed by atoms with Crippen molar-refractivity contribution in [3.8, 4) is 0 Å². The Morgan fingerprint density at radius 2 is 2.03 bits per heavy atom. The molecular formula is C24H32F3N3O3. The molecule has 3 aliphatic rings. The number of nitrogens with zero attached hydrogens (tertiary/aromatic N) is 2. The van der Waals surface area contributed by atoms with Gasteiger partial charge >= 0.3 is 6.18 Å². The highest BCUT2D eigenvalue weighted by molar-refractivity contribution is 5.98. The summed E-state index contributed by atoms with van der Waals surface area (Å²) in [5.74, 6) is 0.423. The minimum absolute atomic E-state index is 0.0669. The van der Waals surface area contributed by atoms with Gasteiger partial charge in [-0.1, -0.05) is 6.07 Å². The number of carbonyl (C=O) groups excluding carboxylic acids is 2. The van der Waals surface area contributed by atoms with Crippen molar-refractivity contribution in [2.45, 2.75) is 51.0 Å². The molecule has 9 heteroatoms. The van der Waals surface area contributed by atoms with Gasteiger partial charge in [-0.2, -0.15) is 13.2 Å². The molecule has 5 unspecified atom stereocenters. The minimum atomic E-state index is -4.53. The van der Waals surface area contributed by atoms with Crippen molar-refractivity contribution in [3.05, 3.63) is 35.4 Å². The molecule has 0 radical (unpaired) electrons. The molecule has 2 amide bonds. The van der Waals surface area contributed by atoms with Gasteiger partial charge in [-0.25, -0.2) is 0 Å². The number of likely N-dealkylation sites (tertiary alicyclic amines) is 2. The van der Waals surface area contributed by atoms with E-state index in [-0.39, 0.29) is 23.4 Å². The van der Waals surface area contributed by atoms with Crippen LogP contribution in [0.5, 0.6) is 0 Å². The van der Waals surface area contributed by atoms with Crippen LogP contribution in [0.25, 0.3) is 0 Å². The van der Waals surface area contributed by atoms with Crippen molar-refractivity contribution in [2.75, 3.05) is 33.4 Å². The number of alkyl halides is 3. The molecule has 1 aromatic carbocycles. The maximum Gasteiger partial charge on any atom is 0.416 e. The van der Waals surface area contributed by atoms with Gasteiger partial charge in [-0.05, 0) is 56.7 Å². The lowest BCUT2D eigenvalue weighted by Gasteiger charge is -2.33. The number of nitrogens with one attached hydrogen (secondary N) is 1. The molecule has 2 heterocycles. The van der Waals surface area contributed by atoms with E-state index in [1.165, 1.54) is 12.1 Å². The molecule has 2 aliphatic heterocycles. The van der Waals surface area contributed by atoms with Crippen LogP contribution in [0.4, 0.5) is 13.2 Å². The van der Waals surface area contributed by atoms with Gasteiger partial charge in [0.2, 0.25) is 5.91 Å². The van der Waals surface area contributed by atoms with E-state index in [0.29, 0.717) is 37.5 Å². The maximum atomic E-state index is 13.2. The number of carbonyl (C=O) groups is 2. The molecule has 1 N–H and O–H groups in total. The van der Waals surface area contributed by atoms with Gasteiger partial charge in [0, 0.05) is 50.3 Å². The van der Waals surface area contributed by atoms with Crippen molar-refractivity contribution in [1.82, 2.24) is 15.1 Å². The van der Waals surface area contributed by atoms with Crippen LogP contribution < -0.4 is 5.32 Å². The number of halogens is 3. The lowest BCUT2D eigenvalue weighted by molar-refractivity contribution is -0.137. The van der Waals surface area contributed by atoms with E-state index in [9.17, 15) is 22.8 Å². The van der Waals surface area contributed by atoms with E-state index in [1.807, 2.05) is 4.90 Å². The number of ether oxygens (including phenoxy) is 1. The number of fused-ring (bicyclic) bond motifs is 1. The Morgan fingerprint density at radius 3 is 2.70 bits per heavy atom. The summed E-state index contributed by atoms with van der Waals surface area (Å²) < 4.78 is 44.5. The predicted octanol–water partition coefficient (Wildman–Crippen LogP) is 3.03. The van der Waals surface area contributed by atoms with E-state index in [2.05, 4.69) is 24.1 Å². The van der Waals surface area contributed by atoms with E-state index in [0.717, 1.165) is 31.6 Å². The molecule has 4 rings (SSSR count). The van der Waals surface area contributed by atoms with Crippen LogP contribution in [0.2, 0.25) is 0 Å². The molecule has 1 aliphatic carbocycles. The zero-order valence-corrected chi connectivity index (χ0v) is 19.3. The highest BCUT2D eigenvalue weighted by atomic mass is 19.4. The molecular weight excluding hydrogens is 435 g/mol. The molecule has 0 spiro atoms. The molecule has 1 aromatic rings. The SMILES string of the molecule is COCC1C2CN(C(C)C)CC2CC1N1CCC(NC(=O)c2cccc(C(F)(F)F)c2)C1=O. The summed E-state index contributed by atoms with van der Waals surface area (Å²) >= 11 is 0. The molecule has 0 aromatic heterocycles. The predicted molar refractivity (Wildman–Crippen MR) is 116 cm³/mol. The van der Waals surface area contributed by atoms with Crippen LogP contribution in [-0.2, 0) is 15.7 Å². The van der Waals surface area contributed by atoms with Crippen LogP contribution in [0.3, 0.4) is 0 Å². The Bertz CT molecular complexity index is 891. The van der Waals surface area contributed by atoms with Gasteiger partial charge in [-0.3, -0.25) is 9.59 Å². The van der Waals surface area contributed by atoms with Crippen molar-refractivity contribution in [3.63, 3.8) is 0 Å². The Balaban J connectivity index is 1.42. The highest BCUT2D eigenvalue weighted by Gasteiger charge is 2.52. The van der Waals surface area contributed by atoms with Gasteiger partial charge in [0.05, 0.1) is 12.2 Å². The van der Waals surface area contributed by atoms with Gasteiger partial charge in [0.15, 0.2) is 0 Å². The zero-order chi connectivity index (χ0) is 23.9. The van der Waals surface area contributed by atoms with Crippen LogP contribution in [0.1, 0.15) is 42.6 Å². The van der Waals surface area contributed by atoms with E-state index >= 15 is 0 Å². The third-order valence-corrected chi connectivity index (χ3v) is 7.60. The van der Waals surface area contributed by atoms with E-state index in [4.69, 9.17) is 4.74 Å². The monoisotopic (exact) mass is 467 g/mol. The topological polar surface area (TPSA) is 61.9 Å².